The van der Waals surface area contributed by atoms with Crippen LogP contribution in [0.3, 0.4) is 0 Å². The number of aromatic nitrogens is 1. The Hall–Kier alpha value is -2.25. The molecule has 0 N–H and O–H groups in total. The summed E-state index contributed by atoms with van der Waals surface area (Å²) >= 11 is 0. The van der Waals surface area contributed by atoms with Crippen molar-refractivity contribution in [2.75, 3.05) is 13.6 Å². The number of fused-ring (bicyclic) bond motifs is 1. The van der Waals surface area contributed by atoms with E-state index in [2.05, 4.69) is 37.1 Å². The summed E-state index contributed by atoms with van der Waals surface area (Å²) in [5, 5.41) is 9.12. The van der Waals surface area contributed by atoms with Gasteiger partial charge in [-0.3, -0.25) is 4.90 Å². The largest absolute Gasteiger partial charge is 0.488 e. The predicted molar refractivity (Wildman–Crippen MR) is 85.8 cm³/mol. The van der Waals surface area contributed by atoms with Gasteiger partial charge in [0.05, 0.1) is 0 Å². The number of rotatable bonds is 4. The molecule has 0 saturated carbocycles. The molecule has 22 heavy (non-hydrogen) atoms. The maximum Gasteiger partial charge on any atom is 0.123 e. The quantitative estimate of drug-likeness (QED) is 0.870. The Morgan fingerprint density at radius 3 is 2.86 bits per heavy atom. The van der Waals surface area contributed by atoms with E-state index in [0.717, 1.165) is 31.0 Å². The zero-order valence-electron chi connectivity index (χ0n) is 13.3. The van der Waals surface area contributed by atoms with Crippen LogP contribution in [0, 0.1) is 18.3 Å². The molecule has 1 aromatic heterocycles. The van der Waals surface area contributed by atoms with Crippen LogP contribution in [0.25, 0.3) is 0 Å². The second kappa shape index (κ2) is 5.86. The van der Waals surface area contributed by atoms with E-state index in [-0.39, 0.29) is 6.10 Å². The van der Waals surface area contributed by atoms with Crippen molar-refractivity contribution < 1.29 is 4.74 Å². The highest BCUT2D eigenvalue weighted by Gasteiger charge is 2.23. The van der Waals surface area contributed by atoms with Crippen LogP contribution >= 0.6 is 0 Å². The first kappa shape index (κ1) is 14.7. The third-order valence-electron chi connectivity index (χ3n) is 4.42. The summed E-state index contributed by atoms with van der Waals surface area (Å²) < 4.78 is 7.95. The Bertz CT molecular complexity index is 701. The van der Waals surface area contributed by atoms with Gasteiger partial charge >= 0.3 is 0 Å². The van der Waals surface area contributed by atoms with Crippen LogP contribution in [0.5, 0.6) is 5.75 Å². The molecular weight excluding hydrogens is 274 g/mol. The lowest BCUT2D eigenvalue weighted by Gasteiger charge is -2.20. The second-order valence-corrected chi connectivity index (χ2v) is 6.06. The van der Waals surface area contributed by atoms with Gasteiger partial charge in [-0.05, 0) is 37.2 Å². The third-order valence-corrected chi connectivity index (χ3v) is 4.42. The van der Waals surface area contributed by atoms with Gasteiger partial charge in [-0.25, -0.2) is 0 Å². The monoisotopic (exact) mass is 295 g/mol. The summed E-state index contributed by atoms with van der Waals surface area (Å²) in [6.07, 6.45) is 1.18. The van der Waals surface area contributed by atoms with Crippen LogP contribution in [-0.2, 0) is 20.0 Å². The van der Waals surface area contributed by atoms with E-state index in [1.165, 1.54) is 11.1 Å². The Labute approximate surface area is 131 Å². The summed E-state index contributed by atoms with van der Waals surface area (Å²) in [5.41, 5.74) is 4.37. The highest BCUT2D eigenvalue weighted by molar-refractivity contribution is 5.37. The topological polar surface area (TPSA) is 41.2 Å². The van der Waals surface area contributed by atoms with Gasteiger partial charge in [-0.1, -0.05) is 18.2 Å². The highest BCUT2D eigenvalue weighted by Crippen LogP contribution is 2.28. The minimum atomic E-state index is 0.210. The molecule has 3 rings (SSSR count). The number of para-hydroxylation sites is 1. The lowest BCUT2D eigenvalue weighted by atomic mass is 10.1. The molecule has 4 heteroatoms. The minimum Gasteiger partial charge on any atom is -0.488 e. The number of benzene rings is 1. The molecule has 1 aliphatic rings. The second-order valence-electron chi connectivity index (χ2n) is 6.06. The smallest absolute Gasteiger partial charge is 0.123 e. The standard InChI is InChI=1S/C18H21N3O/c1-13-15(8-16(10-19)21(13)3)11-20(2)12-17-9-14-6-4-5-7-18(14)22-17/h4-8,17H,9,11-12H2,1-3H3/t17-/m1/s1. The number of likely N-dealkylation sites (N-methyl/N-ethyl adjacent to an activating group) is 1. The van der Waals surface area contributed by atoms with Crippen LogP contribution in [0.4, 0.5) is 0 Å². The van der Waals surface area contributed by atoms with Gasteiger partial charge in [0, 0.05) is 32.3 Å². The summed E-state index contributed by atoms with van der Waals surface area (Å²) in [6, 6.07) is 12.5. The maximum absolute atomic E-state index is 9.12. The van der Waals surface area contributed by atoms with E-state index in [0.29, 0.717) is 5.69 Å². The lowest BCUT2D eigenvalue weighted by Crippen LogP contribution is -2.31. The summed E-state index contributed by atoms with van der Waals surface area (Å²) in [4.78, 5) is 2.26. The average molecular weight is 295 g/mol. The Balaban J connectivity index is 1.63. The predicted octanol–water partition coefficient (Wildman–Crippen LogP) is 2.64. The SMILES string of the molecule is Cc1c(CN(C)C[C@H]2Cc3ccccc3O2)cc(C#N)n1C. The summed E-state index contributed by atoms with van der Waals surface area (Å²) in [5.74, 6) is 1.02. The molecule has 0 unspecified atom stereocenters. The van der Waals surface area contributed by atoms with Gasteiger partial charge in [0.15, 0.2) is 0 Å². The van der Waals surface area contributed by atoms with Crippen molar-refractivity contribution in [2.45, 2.75) is 26.0 Å². The zero-order valence-corrected chi connectivity index (χ0v) is 13.3. The van der Waals surface area contributed by atoms with E-state index in [1.54, 1.807) is 0 Å². The van der Waals surface area contributed by atoms with Gasteiger partial charge in [-0.15, -0.1) is 0 Å². The van der Waals surface area contributed by atoms with Crippen molar-refractivity contribution in [3.05, 3.63) is 52.8 Å². The van der Waals surface area contributed by atoms with Crippen molar-refractivity contribution in [2.24, 2.45) is 7.05 Å². The van der Waals surface area contributed by atoms with Crippen molar-refractivity contribution in [1.29, 1.82) is 5.26 Å². The van der Waals surface area contributed by atoms with Gasteiger partial charge < -0.3 is 9.30 Å². The van der Waals surface area contributed by atoms with Crippen molar-refractivity contribution in [3.8, 4) is 11.8 Å². The van der Waals surface area contributed by atoms with E-state index in [4.69, 9.17) is 10.00 Å². The van der Waals surface area contributed by atoms with E-state index < -0.39 is 0 Å². The summed E-state index contributed by atoms with van der Waals surface area (Å²) in [6.45, 7) is 3.77. The molecule has 2 heterocycles. The molecule has 4 nitrogen and oxygen atoms in total. The van der Waals surface area contributed by atoms with E-state index in [1.807, 2.05) is 29.8 Å². The van der Waals surface area contributed by atoms with Crippen molar-refractivity contribution in [1.82, 2.24) is 9.47 Å². The number of hydrogen-bond acceptors (Lipinski definition) is 3. The molecule has 2 aromatic rings. The molecule has 0 spiro atoms. The normalized spacial score (nSPS) is 16.4. The first-order chi connectivity index (χ1) is 10.6. The first-order valence-corrected chi connectivity index (χ1v) is 7.57. The minimum absolute atomic E-state index is 0.210. The number of nitrogens with zero attached hydrogens (tertiary/aromatic N) is 3. The molecule has 1 atom stereocenters. The first-order valence-electron chi connectivity index (χ1n) is 7.57. The molecule has 0 radical (unpaired) electrons. The van der Waals surface area contributed by atoms with E-state index >= 15 is 0 Å². The van der Waals surface area contributed by atoms with Crippen LogP contribution in [0.15, 0.2) is 30.3 Å². The molecule has 0 bridgehead atoms. The fraction of sp³-hybridized carbons (Fsp3) is 0.389. The van der Waals surface area contributed by atoms with Crippen LogP contribution in [-0.4, -0.2) is 29.2 Å². The van der Waals surface area contributed by atoms with Gasteiger partial charge in [0.1, 0.15) is 23.6 Å². The van der Waals surface area contributed by atoms with Crippen LogP contribution in [0.2, 0.25) is 0 Å². The van der Waals surface area contributed by atoms with Gasteiger partial charge in [-0.2, -0.15) is 5.26 Å². The molecule has 0 aliphatic carbocycles. The Morgan fingerprint density at radius 2 is 2.18 bits per heavy atom. The van der Waals surface area contributed by atoms with Gasteiger partial charge in [0.25, 0.3) is 0 Å². The van der Waals surface area contributed by atoms with Crippen molar-refractivity contribution >= 4 is 0 Å². The van der Waals surface area contributed by atoms with Gasteiger partial charge in [0.2, 0.25) is 0 Å². The third kappa shape index (κ3) is 2.72. The average Bonchev–Trinajstić information content (AvgIpc) is 3.02. The molecule has 114 valence electrons. The van der Waals surface area contributed by atoms with Crippen LogP contribution in [0.1, 0.15) is 22.5 Å². The van der Waals surface area contributed by atoms with Crippen molar-refractivity contribution in [3.63, 3.8) is 0 Å². The number of nitriles is 1. The molecular formula is C18H21N3O. The Morgan fingerprint density at radius 1 is 1.41 bits per heavy atom. The molecule has 1 aliphatic heterocycles. The molecule has 1 aromatic carbocycles. The lowest BCUT2D eigenvalue weighted by molar-refractivity contribution is 0.165. The zero-order chi connectivity index (χ0) is 15.7. The summed E-state index contributed by atoms with van der Waals surface area (Å²) in [7, 11) is 4.04. The van der Waals surface area contributed by atoms with E-state index in [9.17, 15) is 0 Å². The fourth-order valence-corrected chi connectivity index (χ4v) is 3.09. The molecule has 0 saturated heterocycles. The van der Waals surface area contributed by atoms with Crippen LogP contribution < -0.4 is 4.74 Å². The molecule has 0 fully saturated rings. The Kier molecular flexibility index (Phi) is 3.91. The number of hydrogen-bond donors (Lipinski definition) is 0. The highest BCUT2D eigenvalue weighted by atomic mass is 16.5. The molecule has 0 amide bonds. The number of ether oxygens (including phenoxy) is 1. The maximum atomic E-state index is 9.12. The fourth-order valence-electron chi connectivity index (χ4n) is 3.09.